The van der Waals surface area contributed by atoms with E-state index in [1.54, 1.807) is 6.21 Å². The van der Waals surface area contributed by atoms with Crippen LogP contribution < -0.4 is 0 Å². The Hall–Kier alpha value is -1.62. The lowest BCUT2D eigenvalue weighted by atomic mass is 10.0. The van der Waals surface area contributed by atoms with Gasteiger partial charge in [0, 0.05) is 18.6 Å². The molecule has 1 fully saturated rings. The first-order valence-electron chi connectivity index (χ1n) is 5.27. The third-order valence-electron chi connectivity index (χ3n) is 2.87. The van der Waals surface area contributed by atoms with E-state index in [-0.39, 0.29) is 11.7 Å². The number of ether oxygens (including phenoxy) is 1. The standard InChI is InChI=1S/C11H11N3O2/c1-6-9(7-4-16-5-7)14-10-8(15)2-3-12-11(10)13-6/h3,7H,2,4-5H2,1H3. The Morgan fingerprint density at radius 1 is 1.38 bits per heavy atom. The van der Waals surface area contributed by atoms with E-state index in [9.17, 15) is 4.79 Å². The molecule has 3 rings (SSSR count). The maximum Gasteiger partial charge on any atom is 0.190 e. The summed E-state index contributed by atoms with van der Waals surface area (Å²) in [5.74, 6) is 0.744. The van der Waals surface area contributed by atoms with Gasteiger partial charge >= 0.3 is 0 Å². The Kier molecular flexibility index (Phi) is 2.07. The predicted molar refractivity (Wildman–Crippen MR) is 57.4 cm³/mol. The normalized spacial score (nSPS) is 19.4. The van der Waals surface area contributed by atoms with Crippen LogP contribution in [0, 0.1) is 6.92 Å². The second-order valence-corrected chi connectivity index (χ2v) is 4.04. The van der Waals surface area contributed by atoms with Crippen molar-refractivity contribution in [3.8, 4) is 0 Å². The molecule has 16 heavy (non-hydrogen) atoms. The summed E-state index contributed by atoms with van der Waals surface area (Å²) in [6.07, 6.45) is 1.91. The maximum absolute atomic E-state index is 11.7. The molecule has 0 amide bonds. The van der Waals surface area contributed by atoms with E-state index in [1.165, 1.54) is 0 Å². The minimum absolute atomic E-state index is 0.000933. The number of rotatable bonds is 1. The summed E-state index contributed by atoms with van der Waals surface area (Å²) >= 11 is 0. The second kappa shape index (κ2) is 3.45. The fourth-order valence-electron chi connectivity index (χ4n) is 1.89. The highest BCUT2D eigenvalue weighted by molar-refractivity contribution is 6.07. The lowest BCUT2D eigenvalue weighted by Gasteiger charge is -2.26. The van der Waals surface area contributed by atoms with Crippen LogP contribution in [0.5, 0.6) is 0 Å². The zero-order valence-corrected chi connectivity index (χ0v) is 8.93. The number of hydrogen-bond acceptors (Lipinski definition) is 5. The van der Waals surface area contributed by atoms with Crippen LogP contribution in [0.3, 0.4) is 0 Å². The molecule has 0 atom stereocenters. The summed E-state index contributed by atoms with van der Waals surface area (Å²) in [6.45, 7) is 3.24. The van der Waals surface area contributed by atoms with Gasteiger partial charge in [-0.25, -0.2) is 15.0 Å². The van der Waals surface area contributed by atoms with E-state index in [0.29, 0.717) is 31.1 Å². The molecule has 0 bridgehead atoms. The number of fused-ring (bicyclic) bond motifs is 1. The Balaban J connectivity index is 2.11. The Bertz CT molecular complexity index is 492. The summed E-state index contributed by atoms with van der Waals surface area (Å²) in [5, 5.41) is 0. The molecular weight excluding hydrogens is 206 g/mol. The molecule has 0 unspecified atom stereocenters. The average Bonchev–Trinajstić information content (AvgIpc) is 2.18. The molecule has 0 N–H and O–H groups in total. The van der Waals surface area contributed by atoms with Gasteiger partial charge in [-0.1, -0.05) is 0 Å². The molecule has 1 saturated heterocycles. The number of aryl methyl sites for hydroxylation is 1. The number of aliphatic imine (C=N–C) groups is 1. The van der Waals surface area contributed by atoms with Crippen LogP contribution in [0.15, 0.2) is 4.99 Å². The van der Waals surface area contributed by atoms with E-state index in [2.05, 4.69) is 15.0 Å². The number of Topliss-reactive ketones (excluding diaryl/α,β-unsaturated/α-hetero) is 1. The molecular formula is C11H11N3O2. The van der Waals surface area contributed by atoms with Gasteiger partial charge < -0.3 is 4.74 Å². The van der Waals surface area contributed by atoms with Crippen molar-refractivity contribution in [3.05, 3.63) is 17.1 Å². The SMILES string of the molecule is Cc1nc2c(nc1C1COC1)C(=O)CC=N2. The topological polar surface area (TPSA) is 64.4 Å². The molecule has 1 aromatic rings. The fraction of sp³-hybridized carbons (Fsp3) is 0.455. The number of aromatic nitrogens is 2. The van der Waals surface area contributed by atoms with Crippen molar-refractivity contribution in [2.24, 2.45) is 4.99 Å². The highest BCUT2D eigenvalue weighted by atomic mass is 16.5. The highest BCUT2D eigenvalue weighted by Gasteiger charge is 2.27. The minimum Gasteiger partial charge on any atom is -0.380 e. The Morgan fingerprint density at radius 2 is 2.19 bits per heavy atom. The molecule has 2 aliphatic rings. The largest absolute Gasteiger partial charge is 0.380 e. The van der Waals surface area contributed by atoms with Gasteiger partial charge in [-0.2, -0.15) is 0 Å². The lowest BCUT2D eigenvalue weighted by Crippen LogP contribution is -2.28. The Labute approximate surface area is 92.6 Å². The number of nitrogens with zero attached hydrogens (tertiary/aromatic N) is 3. The molecule has 0 radical (unpaired) electrons. The van der Waals surface area contributed by atoms with Crippen molar-refractivity contribution in [3.63, 3.8) is 0 Å². The van der Waals surface area contributed by atoms with E-state index in [0.717, 1.165) is 11.4 Å². The zero-order valence-electron chi connectivity index (χ0n) is 8.93. The summed E-state index contributed by atoms with van der Waals surface area (Å²) < 4.78 is 5.13. The van der Waals surface area contributed by atoms with Crippen molar-refractivity contribution < 1.29 is 9.53 Å². The molecule has 3 heterocycles. The smallest absolute Gasteiger partial charge is 0.190 e. The van der Waals surface area contributed by atoms with Crippen molar-refractivity contribution in [2.75, 3.05) is 13.2 Å². The van der Waals surface area contributed by atoms with Crippen LogP contribution in [0.1, 0.15) is 34.2 Å². The summed E-state index contributed by atoms with van der Waals surface area (Å²) in [6, 6.07) is 0. The third kappa shape index (κ3) is 1.36. The first kappa shape index (κ1) is 9.59. The van der Waals surface area contributed by atoms with Gasteiger partial charge in [0.15, 0.2) is 17.3 Å². The van der Waals surface area contributed by atoms with Gasteiger partial charge in [0.05, 0.1) is 24.6 Å². The van der Waals surface area contributed by atoms with Crippen LogP contribution in [-0.2, 0) is 4.74 Å². The summed E-state index contributed by atoms with van der Waals surface area (Å²) in [5.41, 5.74) is 2.14. The van der Waals surface area contributed by atoms with Crippen molar-refractivity contribution in [1.82, 2.24) is 9.97 Å². The quantitative estimate of drug-likeness (QED) is 0.708. The third-order valence-corrected chi connectivity index (χ3v) is 2.87. The van der Waals surface area contributed by atoms with Crippen LogP contribution >= 0.6 is 0 Å². The van der Waals surface area contributed by atoms with Crippen LogP contribution in [0.25, 0.3) is 0 Å². The van der Waals surface area contributed by atoms with Gasteiger partial charge in [-0.3, -0.25) is 4.79 Å². The predicted octanol–water partition coefficient (Wildman–Crippen LogP) is 1.19. The number of carbonyl (C=O) groups is 1. The van der Waals surface area contributed by atoms with E-state index in [4.69, 9.17) is 4.74 Å². The number of ketones is 1. The molecule has 1 aromatic heterocycles. The zero-order chi connectivity index (χ0) is 11.1. The van der Waals surface area contributed by atoms with Crippen LogP contribution in [0.4, 0.5) is 5.82 Å². The number of carbonyl (C=O) groups excluding carboxylic acids is 1. The minimum atomic E-state index is -0.000933. The Morgan fingerprint density at radius 3 is 2.88 bits per heavy atom. The van der Waals surface area contributed by atoms with Crippen LogP contribution in [0.2, 0.25) is 0 Å². The number of hydrogen-bond donors (Lipinski definition) is 0. The monoisotopic (exact) mass is 217 g/mol. The molecule has 82 valence electrons. The molecule has 5 heteroatoms. The van der Waals surface area contributed by atoms with E-state index < -0.39 is 0 Å². The summed E-state index contributed by atoms with van der Waals surface area (Å²) in [7, 11) is 0. The van der Waals surface area contributed by atoms with Crippen molar-refractivity contribution >= 4 is 17.8 Å². The highest BCUT2D eigenvalue weighted by Crippen LogP contribution is 2.28. The second-order valence-electron chi connectivity index (χ2n) is 4.04. The van der Waals surface area contributed by atoms with Gasteiger partial charge in [-0.05, 0) is 6.92 Å². The van der Waals surface area contributed by atoms with Gasteiger partial charge in [0.2, 0.25) is 0 Å². The first-order chi connectivity index (χ1) is 7.75. The fourth-order valence-corrected chi connectivity index (χ4v) is 1.89. The molecule has 0 aromatic carbocycles. The lowest BCUT2D eigenvalue weighted by molar-refractivity contribution is 0.00620. The van der Waals surface area contributed by atoms with Crippen LogP contribution in [-0.4, -0.2) is 35.2 Å². The van der Waals surface area contributed by atoms with Gasteiger partial charge in [-0.15, -0.1) is 0 Å². The average molecular weight is 217 g/mol. The molecule has 0 saturated carbocycles. The van der Waals surface area contributed by atoms with E-state index in [1.807, 2.05) is 6.92 Å². The van der Waals surface area contributed by atoms with Gasteiger partial charge in [0.1, 0.15) is 0 Å². The van der Waals surface area contributed by atoms with Gasteiger partial charge in [0.25, 0.3) is 0 Å². The molecule has 5 nitrogen and oxygen atoms in total. The van der Waals surface area contributed by atoms with Crippen molar-refractivity contribution in [2.45, 2.75) is 19.3 Å². The maximum atomic E-state index is 11.7. The molecule has 0 aliphatic carbocycles. The summed E-state index contributed by atoms with van der Waals surface area (Å²) in [4.78, 5) is 24.5. The molecule has 0 spiro atoms. The molecule has 2 aliphatic heterocycles. The van der Waals surface area contributed by atoms with Crippen molar-refractivity contribution in [1.29, 1.82) is 0 Å². The van der Waals surface area contributed by atoms with E-state index >= 15 is 0 Å². The first-order valence-corrected chi connectivity index (χ1v) is 5.27.